The van der Waals surface area contributed by atoms with Gasteiger partial charge in [0.2, 0.25) is 0 Å². The smallest absolute Gasteiger partial charge is 0.303 e. The summed E-state index contributed by atoms with van der Waals surface area (Å²) in [5, 5.41) is 32.4. The van der Waals surface area contributed by atoms with Crippen molar-refractivity contribution in [2.45, 2.75) is 168 Å². The maximum absolute atomic E-state index is 11.9. The van der Waals surface area contributed by atoms with Crippen LogP contribution in [0.25, 0.3) is 0 Å². The highest BCUT2D eigenvalue weighted by Gasteiger charge is 2.63. The van der Waals surface area contributed by atoms with Crippen molar-refractivity contribution < 1.29 is 29.6 Å². The van der Waals surface area contributed by atoms with E-state index in [1.165, 1.54) is 44.9 Å². The van der Waals surface area contributed by atoms with E-state index in [0.29, 0.717) is 65.1 Å². The summed E-state index contributed by atoms with van der Waals surface area (Å²) in [6.45, 7) is 14.1. The molecule has 7 fully saturated rings. The Kier molecular flexibility index (Phi) is 9.01. The van der Waals surface area contributed by atoms with Gasteiger partial charge in [0, 0.05) is 19.3 Å². The van der Waals surface area contributed by atoms with E-state index in [0.717, 1.165) is 44.9 Å². The number of carboxylic acids is 1. The Bertz CT molecular complexity index is 1120. The first-order valence-corrected chi connectivity index (χ1v) is 19.7. The first kappa shape index (κ1) is 33.8. The summed E-state index contributed by atoms with van der Waals surface area (Å²) in [6.07, 6.45) is 15.6. The van der Waals surface area contributed by atoms with E-state index < -0.39 is 11.8 Å². The molecule has 15 unspecified atom stereocenters. The van der Waals surface area contributed by atoms with E-state index in [1.54, 1.807) is 0 Å². The van der Waals surface area contributed by atoms with Crippen molar-refractivity contribution in [1.29, 1.82) is 0 Å². The highest BCUT2D eigenvalue weighted by molar-refractivity contribution is 5.66. The van der Waals surface area contributed by atoms with Crippen molar-refractivity contribution in [1.82, 2.24) is 0 Å². The molecule has 0 radical (unpaired) electrons. The van der Waals surface area contributed by atoms with Crippen molar-refractivity contribution >= 4 is 5.97 Å². The summed E-state index contributed by atoms with van der Waals surface area (Å²) in [7, 11) is 0. The zero-order valence-corrected chi connectivity index (χ0v) is 29.8. The molecule has 0 aromatic carbocycles. The fraction of sp³-hybridized carbons (Fsp3) is 0.975. The molecule has 18 atom stereocenters. The van der Waals surface area contributed by atoms with Crippen molar-refractivity contribution in [3.8, 4) is 0 Å². The number of carbonyl (C=O) groups is 1. The van der Waals surface area contributed by atoms with Crippen LogP contribution in [0.3, 0.4) is 0 Å². The summed E-state index contributed by atoms with van der Waals surface area (Å²) < 4.78 is 13.7. The highest BCUT2D eigenvalue weighted by Crippen LogP contribution is 2.68. The van der Waals surface area contributed by atoms with E-state index in [-0.39, 0.29) is 41.7 Å². The first-order chi connectivity index (χ1) is 21.7. The molecule has 1 saturated heterocycles. The molecular formula is C40H66O6. The minimum Gasteiger partial charge on any atom is -0.481 e. The molecular weight excluding hydrogens is 576 g/mol. The third kappa shape index (κ3) is 5.63. The Hall–Kier alpha value is -0.690. The van der Waals surface area contributed by atoms with Gasteiger partial charge in [-0.15, -0.1) is 0 Å². The number of aliphatic hydroxyl groups is 2. The van der Waals surface area contributed by atoms with Crippen LogP contribution in [0.1, 0.15) is 138 Å². The van der Waals surface area contributed by atoms with Crippen molar-refractivity contribution in [3.05, 3.63) is 0 Å². The number of hydrogen-bond acceptors (Lipinski definition) is 5. The second-order valence-electron chi connectivity index (χ2n) is 18.9. The Labute approximate surface area is 279 Å². The number of ether oxygens (including phenoxy) is 2. The van der Waals surface area contributed by atoms with Crippen LogP contribution in [0.2, 0.25) is 0 Å². The van der Waals surface area contributed by atoms with Crippen molar-refractivity contribution in [2.75, 3.05) is 0 Å². The Balaban J connectivity index is 1.03. The second kappa shape index (κ2) is 12.3. The molecule has 6 nitrogen and oxygen atoms in total. The molecule has 0 bridgehead atoms. The molecule has 3 N–H and O–H groups in total. The van der Waals surface area contributed by atoms with Gasteiger partial charge in [0.15, 0.2) is 5.79 Å². The van der Waals surface area contributed by atoms with Gasteiger partial charge in [-0.1, -0.05) is 41.0 Å². The standard InChI is InChI=1S/C40H66O6/c1-22-7-9-28-24(3)33(21-34-36(28)27(22)14-18-40(6,44)46-34)45-26-13-16-38(4)25(19-26)20-32(41)37-30-11-10-29(23(2)8-12-35(42)43)39(30,5)17-15-31(37)38/h22-34,36-37,41,44H,7-21H2,1-6H3,(H,42,43)/t22-,23-,24?,25?,26-,27?,28?,29?,30?,31?,32?,33?,34?,36?,37?,38?,39?,40?/m1/s1. The zero-order chi connectivity index (χ0) is 32.8. The van der Waals surface area contributed by atoms with Crippen molar-refractivity contribution in [3.63, 3.8) is 0 Å². The molecule has 46 heavy (non-hydrogen) atoms. The second-order valence-corrected chi connectivity index (χ2v) is 18.9. The summed E-state index contributed by atoms with van der Waals surface area (Å²) in [6, 6.07) is 0. The van der Waals surface area contributed by atoms with Crippen LogP contribution in [0.5, 0.6) is 0 Å². The summed E-state index contributed by atoms with van der Waals surface area (Å²) in [5.74, 6) is 4.31. The third-order valence-corrected chi connectivity index (χ3v) is 16.8. The fourth-order valence-electron chi connectivity index (χ4n) is 14.3. The van der Waals surface area contributed by atoms with Crippen LogP contribution in [-0.4, -0.2) is 51.5 Å². The van der Waals surface area contributed by atoms with Crippen molar-refractivity contribution in [2.24, 2.45) is 75.9 Å². The van der Waals surface area contributed by atoms with Gasteiger partial charge in [-0.2, -0.15) is 0 Å². The zero-order valence-electron chi connectivity index (χ0n) is 29.8. The van der Waals surface area contributed by atoms with Gasteiger partial charge in [-0.05, 0) is 153 Å². The van der Waals surface area contributed by atoms with E-state index in [4.69, 9.17) is 9.47 Å². The van der Waals surface area contributed by atoms with E-state index >= 15 is 0 Å². The Morgan fingerprint density at radius 3 is 2.37 bits per heavy atom. The van der Waals surface area contributed by atoms with E-state index in [9.17, 15) is 20.1 Å². The van der Waals surface area contributed by atoms with Crippen LogP contribution in [0, 0.1) is 75.9 Å². The van der Waals surface area contributed by atoms with Crippen LogP contribution in [-0.2, 0) is 14.3 Å². The lowest BCUT2D eigenvalue weighted by atomic mass is 9.43. The van der Waals surface area contributed by atoms with Crippen LogP contribution in [0.15, 0.2) is 0 Å². The molecule has 6 aliphatic carbocycles. The van der Waals surface area contributed by atoms with Gasteiger partial charge in [0.1, 0.15) is 0 Å². The van der Waals surface area contributed by atoms with Crippen LogP contribution in [0.4, 0.5) is 0 Å². The largest absolute Gasteiger partial charge is 0.481 e. The van der Waals surface area contributed by atoms with Gasteiger partial charge in [-0.3, -0.25) is 4.79 Å². The van der Waals surface area contributed by atoms with Gasteiger partial charge in [0.25, 0.3) is 0 Å². The highest BCUT2D eigenvalue weighted by atomic mass is 16.6. The number of rotatable bonds is 6. The average Bonchev–Trinajstić information content (AvgIpc) is 3.28. The molecule has 0 spiro atoms. The maximum Gasteiger partial charge on any atom is 0.303 e. The minimum atomic E-state index is -1.04. The van der Waals surface area contributed by atoms with Gasteiger partial charge < -0.3 is 24.8 Å². The number of carboxylic acid groups (broad SMARTS) is 1. The molecule has 7 aliphatic rings. The molecule has 0 aromatic heterocycles. The lowest BCUT2D eigenvalue weighted by molar-refractivity contribution is -0.254. The van der Waals surface area contributed by atoms with Crippen LogP contribution >= 0.6 is 0 Å². The lowest BCUT2D eigenvalue weighted by Crippen LogP contribution is -2.59. The molecule has 1 heterocycles. The molecule has 6 saturated carbocycles. The normalized spacial score (nSPS) is 55.7. The average molecular weight is 643 g/mol. The SMILES string of the molecule is CC1C(O[C@@H]2CCC3(C)C(CC(O)C4C3CCC3(C)C4CCC3[C@H](C)CCC(=O)O)C2)CC2OC(C)(O)CCC3C2C1CC[C@H]3C. The van der Waals surface area contributed by atoms with Crippen LogP contribution < -0.4 is 0 Å². The summed E-state index contributed by atoms with van der Waals surface area (Å²) in [4.78, 5) is 11.3. The number of aliphatic carboxylic acids is 1. The van der Waals surface area contributed by atoms with E-state index in [1.807, 2.05) is 6.92 Å². The lowest BCUT2D eigenvalue weighted by Gasteiger charge is -2.63. The molecule has 7 rings (SSSR count). The topological polar surface area (TPSA) is 96.2 Å². The molecule has 0 aromatic rings. The number of aliphatic hydroxyl groups excluding tert-OH is 1. The van der Waals surface area contributed by atoms with E-state index in [2.05, 4.69) is 34.6 Å². The minimum absolute atomic E-state index is 0.0844. The Morgan fingerprint density at radius 2 is 1.61 bits per heavy atom. The molecule has 1 aliphatic heterocycles. The fourth-order valence-corrected chi connectivity index (χ4v) is 14.3. The molecule has 6 heteroatoms. The quantitative estimate of drug-likeness (QED) is 0.271. The Morgan fingerprint density at radius 1 is 0.870 bits per heavy atom. The predicted octanol–water partition coefficient (Wildman–Crippen LogP) is 8.08. The summed E-state index contributed by atoms with van der Waals surface area (Å²) in [5.41, 5.74) is 0.483. The first-order valence-electron chi connectivity index (χ1n) is 19.7. The maximum atomic E-state index is 11.9. The van der Waals surface area contributed by atoms with Gasteiger partial charge in [0.05, 0.1) is 24.4 Å². The third-order valence-electron chi connectivity index (χ3n) is 16.8. The van der Waals surface area contributed by atoms with Gasteiger partial charge >= 0.3 is 5.97 Å². The predicted molar refractivity (Wildman–Crippen MR) is 179 cm³/mol. The summed E-state index contributed by atoms with van der Waals surface area (Å²) >= 11 is 0. The monoisotopic (exact) mass is 642 g/mol. The molecule has 0 amide bonds. The van der Waals surface area contributed by atoms with Gasteiger partial charge in [-0.25, -0.2) is 0 Å². The number of fused-ring (bicyclic) bond motifs is 5. The number of hydrogen-bond donors (Lipinski definition) is 3. The molecule has 262 valence electrons.